The summed E-state index contributed by atoms with van der Waals surface area (Å²) < 4.78 is 68.5. The molecule has 0 rings (SSSR count). The average molecular weight is 1540 g/mol. The first-order valence-corrected chi connectivity index (χ1v) is 43.3. The Balaban J connectivity index is 5.52. The fourth-order valence-electron chi connectivity index (χ4n) is 9.75. The van der Waals surface area contributed by atoms with Gasteiger partial charge in [-0.3, -0.25) is 37.3 Å². The van der Waals surface area contributed by atoms with Gasteiger partial charge in [-0.1, -0.05) is 266 Å². The molecule has 0 aliphatic carbocycles. The molecular weight excluding hydrogens is 1400 g/mol. The molecule has 0 amide bonds. The van der Waals surface area contributed by atoms with Gasteiger partial charge in [0.2, 0.25) is 0 Å². The maximum atomic E-state index is 13.1. The molecule has 0 saturated carbocycles. The average Bonchev–Trinajstić information content (AvgIpc) is 0.896. The molecule has 0 aromatic heterocycles. The van der Waals surface area contributed by atoms with Crippen LogP contribution in [0.25, 0.3) is 0 Å². The van der Waals surface area contributed by atoms with Crippen molar-refractivity contribution >= 4 is 39.5 Å². The number of rotatable bonds is 73. The predicted octanol–water partition coefficient (Wildman–Crippen LogP) is 23.9. The van der Waals surface area contributed by atoms with E-state index in [2.05, 4.69) is 234 Å². The van der Waals surface area contributed by atoms with E-state index in [1.165, 1.54) is 0 Å². The number of unbranched alkanes of at least 4 members (excludes halogenated alkanes) is 13. The number of aliphatic hydroxyl groups is 1. The lowest BCUT2D eigenvalue weighted by Gasteiger charge is -2.21. The van der Waals surface area contributed by atoms with Gasteiger partial charge in [-0.15, -0.1) is 0 Å². The quantitative estimate of drug-likeness (QED) is 0.0169. The Morgan fingerprint density at radius 3 is 0.722 bits per heavy atom. The fourth-order valence-corrected chi connectivity index (χ4v) is 11.3. The molecule has 5 unspecified atom stereocenters. The minimum absolute atomic E-state index is 0.0241. The molecule has 608 valence electrons. The van der Waals surface area contributed by atoms with Gasteiger partial charge in [-0.2, -0.15) is 0 Å². The number of esters is 4. The van der Waals surface area contributed by atoms with E-state index in [0.29, 0.717) is 32.1 Å². The van der Waals surface area contributed by atoms with E-state index < -0.39 is 97.5 Å². The second-order valence-corrected chi connectivity index (χ2v) is 28.7. The van der Waals surface area contributed by atoms with Gasteiger partial charge in [-0.05, 0) is 186 Å². The summed E-state index contributed by atoms with van der Waals surface area (Å²) in [6.07, 6.45) is 98.1. The van der Waals surface area contributed by atoms with Crippen LogP contribution in [0, 0.1) is 0 Å². The van der Waals surface area contributed by atoms with Crippen LogP contribution in [0.15, 0.2) is 207 Å². The van der Waals surface area contributed by atoms with Gasteiger partial charge in [0, 0.05) is 25.7 Å². The SMILES string of the molecule is CC/C=C\C/C=C\C/C=C\C/C=C\C/C=C\CCCCCC(=O)OCC(COP(=O)(O)OCC(O)COP(=O)(O)OCC(COC(=O)CCCC/C=C\C/C=C\C/C=C\C/C=C\CC)OC(=O)CCCC/C=C\C/C=C\C/C=C\C/C=C\CC)OC(=O)CCCCCCCC/C=C\C/C=C\C/C=C\C/C=C\CC. The molecule has 0 heterocycles. The number of allylic oxidation sites excluding steroid dienone is 34. The summed E-state index contributed by atoms with van der Waals surface area (Å²) in [7, 11) is -10.0. The molecule has 5 atom stereocenters. The molecule has 0 aliphatic heterocycles. The van der Waals surface area contributed by atoms with Crippen molar-refractivity contribution in [1.82, 2.24) is 0 Å². The highest BCUT2D eigenvalue weighted by Crippen LogP contribution is 2.45. The summed E-state index contributed by atoms with van der Waals surface area (Å²) in [5, 5.41) is 10.7. The first kappa shape index (κ1) is 102. The zero-order valence-electron chi connectivity index (χ0n) is 66.4. The third-order valence-electron chi connectivity index (χ3n) is 15.7. The molecule has 0 radical (unpaired) electrons. The number of aliphatic hydroxyl groups excluding tert-OH is 1. The van der Waals surface area contributed by atoms with Crippen molar-refractivity contribution in [3.8, 4) is 0 Å². The van der Waals surface area contributed by atoms with Gasteiger partial charge in [0.1, 0.15) is 19.3 Å². The summed E-state index contributed by atoms with van der Waals surface area (Å²) >= 11 is 0. The van der Waals surface area contributed by atoms with Crippen LogP contribution >= 0.6 is 15.6 Å². The summed E-state index contributed by atoms with van der Waals surface area (Å²) in [6, 6.07) is 0. The van der Waals surface area contributed by atoms with Crippen molar-refractivity contribution in [3.05, 3.63) is 207 Å². The van der Waals surface area contributed by atoms with Gasteiger partial charge < -0.3 is 33.8 Å². The largest absolute Gasteiger partial charge is 0.472 e. The van der Waals surface area contributed by atoms with Crippen molar-refractivity contribution in [2.45, 2.75) is 290 Å². The minimum Gasteiger partial charge on any atom is -0.462 e. The maximum absolute atomic E-state index is 13.1. The van der Waals surface area contributed by atoms with Gasteiger partial charge in [0.05, 0.1) is 26.4 Å². The molecule has 3 N–H and O–H groups in total. The Labute approximate surface area is 652 Å². The summed E-state index contributed by atoms with van der Waals surface area (Å²) in [4.78, 5) is 73.1. The Bertz CT molecular complexity index is 2860. The standard InChI is InChI=1S/C89H140O17P2/c1-5-9-13-17-21-25-29-33-37-39-41-43-47-50-54-58-62-66-70-74-87(92)100-80-85(106-89(94)76-72-68-64-60-56-52-48-44-42-40-38-34-30-26-22-18-14-10-6-2)82-104-108(97,98)102-78-83(90)77-101-107(95,96)103-81-84(105-88(93)75-71-67-63-59-55-51-46-36-32-28-24-20-16-12-8-4)79-99-86(91)73-69-65-61-57-53-49-45-35-31-27-23-19-15-11-7-3/h9-16,21-28,33-38,41-46,50,53-55,57,59,83-85,90H,5-8,17-20,29-32,39-40,47-49,51-52,56,58,60-82H2,1-4H3,(H,95,96)(H,97,98)/b13-9-,14-10-,15-11-,16-12-,25-21-,26-22-,27-23-,28-24-,37-33-,38-34-,43-41-,44-42-,45-35-,46-36-,54-50-,57-53-,59-55-. The molecule has 0 saturated heterocycles. The molecule has 0 bridgehead atoms. The summed E-state index contributed by atoms with van der Waals surface area (Å²) in [6.45, 7) is 4.24. The molecule has 19 heteroatoms. The first-order chi connectivity index (χ1) is 52.7. The lowest BCUT2D eigenvalue weighted by atomic mass is 10.1. The third kappa shape index (κ3) is 77.8. The molecule has 0 spiro atoms. The van der Waals surface area contributed by atoms with Crippen molar-refractivity contribution in [2.75, 3.05) is 39.6 Å². The highest BCUT2D eigenvalue weighted by atomic mass is 31.2. The number of hydrogen-bond acceptors (Lipinski definition) is 15. The molecule has 0 fully saturated rings. The zero-order chi connectivity index (χ0) is 78.9. The van der Waals surface area contributed by atoms with Gasteiger partial charge in [0.15, 0.2) is 12.2 Å². The van der Waals surface area contributed by atoms with Gasteiger partial charge in [0.25, 0.3) is 0 Å². The van der Waals surface area contributed by atoms with Crippen LogP contribution in [0.2, 0.25) is 0 Å². The van der Waals surface area contributed by atoms with Crippen LogP contribution < -0.4 is 0 Å². The highest BCUT2D eigenvalue weighted by Gasteiger charge is 2.30. The van der Waals surface area contributed by atoms with E-state index in [9.17, 15) is 43.2 Å². The molecule has 0 aliphatic rings. The van der Waals surface area contributed by atoms with E-state index in [1.54, 1.807) is 0 Å². The Kier molecular flexibility index (Phi) is 74.1. The number of hydrogen-bond donors (Lipinski definition) is 3. The third-order valence-corrected chi connectivity index (χ3v) is 17.6. The minimum atomic E-state index is -5.01. The van der Waals surface area contributed by atoms with E-state index in [0.717, 1.165) is 186 Å². The van der Waals surface area contributed by atoms with Crippen LogP contribution in [0.5, 0.6) is 0 Å². The van der Waals surface area contributed by atoms with E-state index in [4.69, 9.17) is 37.0 Å². The van der Waals surface area contributed by atoms with Crippen LogP contribution in [-0.2, 0) is 65.4 Å². The van der Waals surface area contributed by atoms with Crippen LogP contribution in [0.3, 0.4) is 0 Å². The van der Waals surface area contributed by atoms with Crippen molar-refractivity contribution in [2.24, 2.45) is 0 Å². The maximum Gasteiger partial charge on any atom is 0.472 e. The smallest absolute Gasteiger partial charge is 0.462 e. The Morgan fingerprint density at radius 1 is 0.259 bits per heavy atom. The normalized spacial score (nSPS) is 14.9. The molecule has 108 heavy (non-hydrogen) atoms. The topological polar surface area (TPSA) is 237 Å². The second kappa shape index (κ2) is 78.8. The summed E-state index contributed by atoms with van der Waals surface area (Å²) in [5.74, 6) is -2.35. The summed E-state index contributed by atoms with van der Waals surface area (Å²) in [5.41, 5.74) is 0. The fraction of sp³-hybridized carbons (Fsp3) is 0.573. The number of phosphoric acid groups is 2. The van der Waals surface area contributed by atoms with Crippen LogP contribution in [0.1, 0.15) is 272 Å². The molecular formula is C89H140O17P2. The zero-order valence-corrected chi connectivity index (χ0v) is 68.2. The predicted molar refractivity (Wildman–Crippen MR) is 445 cm³/mol. The van der Waals surface area contributed by atoms with E-state index in [-0.39, 0.29) is 25.7 Å². The number of phosphoric ester groups is 2. The lowest BCUT2D eigenvalue weighted by molar-refractivity contribution is -0.161. The van der Waals surface area contributed by atoms with Crippen molar-refractivity contribution in [3.63, 3.8) is 0 Å². The van der Waals surface area contributed by atoms with Gasteiger partial charge in [-0.25, -0.2) is 9.13 Å². The van der Waals surface area contributed by atoms with E-state index >= 15 is 0 Å². The van der Waals surface area contributed by atoms with Crippen molar-refractivity contribution < 1.29 is 80.2 Å². The molecule has 0 aromatic carbocycles. The van der Waals surface area contributed by atoms with Gasteiger partial charge >= 0.3 is 39.5 Å². The van der Waals surface area contributed by atoms with Crippen molar-refractivity contribution in [1.29, 1.82) is 0 Å². The highest BCUT2D eigenvalue weighted by molar-refractivity contribution is 7.47. The number of carbonyl (C=O) groups is 4. The van der Waals surface area contributed by atoms with E-state index in [1.807, 2.05) is 0 Å². The van der Waals surface area contributed by atoms with Crippen LogP contribution in [-0.4, -0.2) is 96.7 Å². The van der Waals surface area contributed by atoms with Crippen LogP contribution in [0.4, 0.5) is 0 Å². The Morgan fingerprint density at radius 2 is 0.454 bits per heavy atom. The number of carbonyl (C=O) groups excluding carboxylic acids is 4. The Hall–Kier alpha value is -6.36. The number of ether oxygens (including phenoxy) is 4. The molecule has 17 nitrogen and oxygen atoms in total. The molecule has 0 aromatic rings. The lowest BCUT2D eigenvalue weighted by Crippen LogP contribution is -2.30. The second-order valence-electron chi connectivity index (χ2n) is 25.8. The monoisotopic (exact) mass is 1540 g/mol. The first-order valence-electron chi connectivity index (χ1n) is 40.3.